The normalized spacial score (nSPS) is 12.0. The van der Waals surface area contributed by atoms with E-state index in [0.29, 0.717) is 17.0 Å². The predicted molar refractivity (Wildman–Crippen MR) is 105 cm³/mol. The summed E-state index contributed by atoms with van der Waals surface area (Å²) in [4.78, 5) is 28.6. The van der Waals surface area contributed by atoms with Gasteiger partial charge in [-0.2, -0.15) is 0 Å². The highest BCUT2D eigenvalue weighted by atomic mass is 35.5. The first-order chi connectivity index (χ1) is 12.1. The lowest BCUT2D eigenvalue weighted by atomic mass is 9.90. The SMILES string of the molecule is CN(C)c1ccc2nc3c4c(nccc4c2c1)-c1ncccc1C3=O.Cl. The number of rotatable bonds is 1. The van der Waals surface area contributed by atoms with Crippen LogP contribution < -0.4 is 4.90 Å². The minimum Gasteiger partial charge on any atom is -0.378 e. The monoisotopic (exact) mass is 362 g/mol. The number of fused-ring (bicyclic) bond motifs is 4. The Morgan fingerprint density at radius 2 is 1.69 bits per heavy atom. The van der Waals surface area contributed by atoms with E-state index in [0.717, 1.165) is 33.1 Å². The van der Waals surface area contributed by atoms with E-state index in [2.05, 4.69) is 25.9 Å². The van der Waals surface area contributed by atoms with Crippen LogP contribution in [0.3, 0.4) is 0 Å². The third kappa shape index (κ3) is 2.10. The summed E-state index contributed by atoms with van der Waals surface area (Å²) in [6, 6.07) is 11.6. The van der Waals surface area contributed by atoms with Gasteiger partial charge >= 0.3 is 0 Å². The van der Waals surface area contributed by atoms with Crippen molar-refractivity contribution in [3.8, 4) is 11.4 Å². The van der Waals surface area contributed by atoms with Gasteiger partial charge < -0.3 is 4.90 Å². The molecule has 128 valence electrons. The fourth-order valence-corrected chi connectivity index (χ4v) is 3.47. The van der Waals surface area contributed by atoms with Gasteiger partial charge in [-0.25, -0.2) is 4.98 Å². The van der Waals surface area contributed by atoms with Crippen molar-refractivity contribution in [1.82, 2.24) is 15.0 Å². The molecule has 0 atom stereocenters. The molecule has 26 heavy (non-hydrogen) atoms. The van der Waals surface area contributed by atoms with Crippen LogP contribution in [-0.4, -0.2) is 34.8 Å². The number of aromatic nitrogens is 3. The van der Waals surface area contributed by atoms with Crippen molar-refractivity contribution in [1.29, 1.82) is 0 Å². The number of benzene rings is 1. The number of carbonyl (C=O) groups excluding carboxylic acids is 1. The Morgan fingerprint density at radius 1 is 0.885 bits per heavy atom. The maximum atomic E-state index is 13.0. The molecule has 0 saturated heterocycles. The van der Waals surface area contributed by atoms with Crippen molar-refractivity contribution in [3.05, 3.63) is 60.0 Å². The van der Waals surface area contributed by atoms with Gasteiger partial charge in [0.05, 0.1) is 16.8 Å². The molecule has 0 saturated carbocycles. The highest BCUT2D eigenvalue weighted by Crippen LogP contribution is 2.39. The van der Waals surface area contributed by atoms with E-state index in [9.17, 15) is 4.79 Å². The summed E-state index contributed by atoms with van der Waals surface area (Å²) in [5, 5.41) is 2.79. The number of halogens is 1. The Balaban J connectivity index is 0.00000168. The standard InChI is InChI=1S/C20H14N4O.ClH/c1-24(2)11-5-6-15-14(10-11)12-7-9-22-18-16(12)19(23-15)20(25)13-4-3-8-21-17(13)18;/h3-10H,1-2H3;1H. The summed E-state index contributed by atoms with van der Waals surface area (Å²) >= 11 is 0. The minimum atomic E-state index is -0.0906. The molecule has 0 radical (unpaired) electrons. The third-order valence-electron chi connectivity index (χ3n) is 4.70. The number of hydrogen-bond donors (Lipinski definition) is 0. The summed E-state index contributed by atoms with van der Waals surface area (Å²) in [5.41, 5.74) is 4.29. The Kier molecular flexibility index (Phi) is 3.63. The highest BCUT2D eigenvalue weighted by Gasteiger charge is 2.29. The first-order valence-corrected chi connectivity index (χ1v) is 8.05. The number of ketones is 1. The van der Waals surface area contributed by atoms with E-state index in [1.807, 2.05) is 32.3 Å². The molecule has 4 aromatic rings. The average molecular weight is 363 g/mol. The van der Waals surface area contributed by atoms with Crippen LogP contribution in [0.15, 0.2) is 48.8 Å². The molecule has 5 nitrogen and oxygen atoms in total. The zero-order valence-electron chi connectivity index (χ0n) is 14.2. The quantitative estimate of drug-likeness (QED) is 0.423. The predicted octanol–water partition coefficient (Wildman–Crippen LogP) is 3.88. The summed E-state index contributed by atoms with van der Waals surface area (Å²) < 4.78 is 0. The van der Waals surface area contributed by atoms with Gasteiger partial charge in [0.1, 0.15) is 11.4 Å². The van der Waals surface area contributed by atoms with E-state index in [1.165, 1.54) is 0 Å². The Morgan fingerprint density at radius 3 is 2.50 bits per heavy atom. The molecule has 0 unspecified atom stereocenters. The van der Waals surface area contributed by atoms with E-state index >= 15 is 0 Å². The van der Waals surface area contributed by atoms with Crippen LogP contribution in [0.1, 0.15) is 16.1 Å². The van der Waals surface area contributed by atoms with Crippen molar-refractivity contribution < 1.29 is 4.79 Å². The number of nitrogens with zero attached hydrogens (tertiary/aromatic N) is 4. The Hall–Kier alpha value is -3.05. The maximum absolute atomic E-state index is 13.0. The topological polar surface area (TPSA) is 59.0 Å². The molecule has 0 aliphatic heterocycles. The number of hydrogen-bond acceptors (Lipinski definition) is 5. The van der Waals surface area contributed by atoms with Crippen LogP contribution in [0.5, 0.6) is 0 Å². The fourth-order valence-electron chi connectivity index (χ4n) is 3.47. The number of carbonyl (C=O) groups is 1. The van der Waals surface area contributed by atoms with Gasteiger partial charge in [-0.3, -0.25) is 14.8 Å². The van der Waals surface area contributed by atoms with Crippen LogP contribution in [0.4, 0.5) is 5.69 Å². The van der Waals surface area contributed by atoms with Crippen LogP contribution in [0.25, 0.3) is 33.1 Å². The summed E-state index contributed by atoms with van der Waals surface area (Å²) in [6.45, 7) is 0. The van der Waals surface area contributed by atoms with Crippen LogP contribution in [0, 0.1) is 0 Å². The fraction of sp³-hybridized carbons (Fsp3) is 0.100. The maximum Gasteiger partial charge on any atom is 0.214 e. The van der Waals surface area contributed by atoms with Crippen molar-refractivity contribution >= 4 is 45.6 Å². The van der Waals surface area contributed by atoms with Gasteiger partial charge in [-0.15, -0.1) is 12.4 Å². The second-order valence-corrected chi connectivity index (χ2v) is 6.37. The number of pyridine rings is 3. The Bertz CT molecular complexity index is 1200. The average Bonchev–Trinajstić information content (AvgIpc) is 2.65. The molecule has 1 aliphatic carbocycles. The molecule has 1 aromatic carbocycles. The lowest BCUT2D eigenvalue weighted by Crippen LogP contribution is -2.14. The molecular formula is C20H15ClN4O. The van der Waals surface area contributed by atoms with Gasteiger partial charge in [0.2, 0.25) is 5.78 Å². The van der Waals surface area contributed by atoms with E-state index in [1.54, 1.807) is 24.5 Å². The lowest BCUT2D eigenvalue weighted by Gasteiger charge is -2.19. The Labute approximate surface area is 156 Å². The molecule has 0 N–H and O–H groups in total. The third-order valence-corrected chi connectivity index (χ3v) is 4.70. The molecule has 5 rings (SSSR count). The zero-order chi connectivity index (χ0) is 17.1. The molecule has 0 bridgehead atoms. The van der Waals surface area contributed by atoms with Gasteiger partial charge in [0, 0.05) is 42.9 Å². The number of anilines is 1. The van der Waals surface area contributed by atoms with E-state index in [4.69, 9.17) is 0 Å². The molecule has 3 heterocycles. The second kappa shape index (κ2) is 5.75. The van der Waals surface area contributed by atoms with Gasteiger partial charge in [-0.05, 0) is 41.8 Å². The highest BCUT2D eigenvalue weighted by molar-refractivity contribution is 6.27. The van der Waals surface area contributed by atoms with E-state index < -0.39 is 0 Å². The largest absolute Gasteiger partial charge is 0.378 e. The molecule has 3 aromatic heterocycles. The molecule has 6 heteroatoms. The summed E-state index contributed by atoms with van der Waals surface area (Å²) in [6.07, 6.45) is 3.47. The second-order valence-electron chi connectivity index (χ2n) is 6.37. The minimum absolute atomic E-state index is 0. The smallest absolute Gasteiger partial charge is 0.214 e. The van der Waals surface area contributed by atoms with Crippen molar-refractivity contribution in [3.63, 3.8) is 0 Å². The molecular weight excluding hydrogens is 348 g/mol. The van der Waals surface area contributed by atoms with Crippen molar-refractivity contribution in [2.24, 2.45) is 0 Å². The van der Waals surface area contributed by atoms with Crippen LogP contribution in [0.2, 0.25) is 0 Å². The van der Waals surface area contributed by atoms with Crippen molar-refractivity contribution in [2.45, 2.75) is 0 Å². The molecule has 0 fully saturated rings. The van der Waals surface area contributed by atoms with Gasteiger partial charge in [0.25, 0.3) is 0 Å². The van der Waals surface area contributed by atoms with Crippen LogP contribution in [-0.2, 0) is 0 Å². The summed E-state index contributed by atoms with van der Waals surface area (Å²) in [5.74, 6) is -0.0906. The first kappa shape index (κ1) is 16.4. The van der Waals surface area contributed by atoms with E-state index in [-0.39, 0.29) is 18.2 Å². The first-order valence-electron chi connectivity index (χ1n) is 8.05. The lowest BCUT2D eigenvalue weighted by molar-refractivity contribution is 0.103. The molecule has 0 amide bonds. The van der Waals surface area contributed by atoms with Crippen molar-refractivity contribution in [2.75, 3.05) is 19.0 Å². The zero-order valence-corrected chi connectivity index (χ0v) is 15.0. The van der Waals surface area contributed by atoms with Gasteiger partial charge in [-0.1, -0.05) is 0 Å². The van der Waals surface area contributed by atoms with Crippen LogP contribution >= 0.6 is 12.4 Å². The molecule has 1 aliphatic rings. The summed E-state index contributed by atoms with van der Waals surface area (Å²) in [7, 11) is 4.01. The molecule has 0 spiro atoms. The van der Waals surface area contributed by atoms with Gasteiger partial charge in [0.15, 0.2) is 0 Å².